The van der Waals surface area contributed by atoms with Crippen LogP contribution in [-0.2, 0) is 19.6 Å². The molecular formula is C18H25N3O6S. The average Bonchev–Trinajstić information content (AvgIpc) is 2.87. The molecule has 1 fully saturated rings. The smallest absolute Gasteiger partial charge is 0.409 e. The SMILES string of the molecule is CCOC(=O)N1CCN(C(=O)[C@@H]2CCN(S(C)(=O)=O)c3ccccc3O2)CC1. The number of hydrogen-bond donors (Lipinski definition) is 0. The number of carbonyl (C=O) groups is 2. The summed E-state index contributed by atoms with van der Waals surface area (Å²) in [5, 5.41) is 0. The van der Waals surface area contributed by atoms with Gasteiger partial charge in [-0.15, -0.1) is 0 Å². The van der Waals surface area contributed by atoms with Crippen molar-refractivity contribution in [3.05, 3.63) is 24.3 Å². The number of piperazine rings is 1. The summed E-state index contributed by atoms with van der Waals surface area (Å²) in [7, 11) is -3.49. The monoisotopic (exact) mass is 411 g/mol. The van der Waals surface area contributed by atoms with Crippen LogP contribution in [0.25, 0.3) is 0 Å². The van der Waals surface area contributed by atoms with Gasteiger partial charge in [0.1, 0.15) is 5.75 Å². The van der Waals surface area contributed by atoms with Gasteiger partial charge in [-0.25, -0.2) is 13.2 Å². The molecular weight excluding hydrogens is 386 g/mol. The van der Waals surface area contributed by atoms with Gasteiger partial charge in [-0.05, 0) is 19.1 Å². The van der Waals surface area contributed by atoms with Crippen molar-refractivity contribution in [2.75, 3.05) is 49.9 Å². The van der Waals surface area contributed by atoms with Crippen molar-refractivity contribution < 1.29 is 27.5 Å². The lowest BCUT2D eigenvalue weighted by molar-refractivity contribution is -0.140. The summed E-state index contributed by atoms with van der Waals surface area (Å²) in [6, 6.07) is 6.81. The first kappa shape index (κ1) is 20.2. The Labute approximate surface area is 164 Å². The number of para-hydroxylation sites is 2. The van der Waals surface area contributed by atoms with E-state index in [-0.39, 0.29) is 25.0 Å². The van der Waals surface area contributed by atoms with E-state index in [9.17, 15) is 18.0 Å². The third-order valence-electron chi connectivity index (χ3n) is 4.79. The maximum absolute atomic E-state index is 13.0. The van der Waals surface area contributed by atoms with Crippen LogP contribution >= 0.6 is 0 Å². The van der Waals surface area contributed by atoms with Crippen molar-refractivity contribution in [2.45, 2.75) is 19.4 Å². The molecule has 3 rings (SSSR count). The standard InChI is InChI=1S/C18H25N3O6S/c1-3-26-18(23)20-12-10-19(11-13-20)17(22)16-8-9-21(28(2,24)25)14-6-4-5-7-15(14)27-16/h4-7,16H,3,8-13H2,1-2H3/t16-/m0/s1. The first-order valence-electron chi connectivity index (χ1n) is 9.25. The second kappa shape index (κ2) is 8.26. The summed E-state index contributed by atoms with van der Waals surface area (Å²) in [5.41, 5.74) is 0.437. The number of benzene rings is 1. The van der Waals surface area contributed by atoms with Gasteiger partial charge in [-0.3, -0.25) is 9.10 Å². The Morgan fingerprint density at radius 2 is 1.75 bits per heavy atom. The molecule has 1 atom stereocenters. The zero-order valence-electron chi connectivity index (χ0n) is 16.0. The Bertz CT molecular complexity index is 835. The van der Waals surface area contributed by atoms with E-state index in [4.69, 9.17) is 9.47 Å². The van der Waals surface area contributed by atoms with E-state index in [1.54, 1.807) is 41.0 Å². The molecule has 2 amide bonds. The zero-order chi connectivity index (χ0) is 20.3. The minimum atomic E-state index is -3.49. The van der Waals surface area contributed by atoms with E-state index >= 15 is 0 Å². The molecule has 0 saturated carbocycles. The van der Waals surface area contributed by atoms with E-state index in [2.05, 4.69) is 0 Å². The average molecular weight is 411 g/mol. The number of nitrogens with zero attached hydrogens (tertiary/aromatic N) is 3. The molecule has 0 aromatic heterocycles. The lowest BCUT2D eigenvalue weighted by Gasteiger charge is -2.35. The van der Waals surface area contributed by atoms with Crippen molar-refractivity contribution in [3.63, 3.8) is 0 Å². The molecule has 0 bridgehead atoms. The minimum Gasteiger partial charge on any atom is -0.478 e. The Morgan fingerprint density at radius 1 is 1.11 bits per heavy atom. The van der Waals surface area contributed by atoms with Crippen molar-refractivity contribution >= 4 is 27.7 Å². The molecule has 28 heavy (non-hydrogen) atoms. The predicted octanol–water partition coefficient (Wildman–Crippen LogP) is 0.904. The van der Waals surface area contributed by atoms with Crippen molar-refractivity contribution in [2.24, 2.45) is 0 Å². The quantitative estimate of drug-likeness (QED) is 0.733. The van der Waals surface area contributed by atoms with Gasteiger partial charge in [0.25, 0.3) is 5.91 Å². The molecule has 0 aliphatic carbocycles. The molecule has 0 unspecified atom stereocenters. The first-order valence-corrected chi connectivity index (χ1v) is 11.1. The van der Waals surface area contributed by atoms with Crippen LogP contribution < -0.4 is 9.04 Å². The topological polar surface area (TPSA) is 96.5 Å². The highest BCUT2D eigenvalue weighted by atomic mass is 32.2. The second-order valence-corrected chi connectivity index (χ2v) is 8.62. The van der Waals surface area contributed by atoms with Crippen LogP contribution in [0.4, 0.5) is 10.5 Å². The Morgan fingerprint density at radius 3 is 2.39 bits per heavy atom. The number of hydrogen-bond acceptors (Lipinski definition) is 6. The van der Waals surface area contributed by atoms with E-state index < -0.39 is 16.1 Å². The summed E-state index contributed by atoms with van der Waals surface area (Å²) < 4.78 is 36.5. The highest BCUT2D eigenvalue weighted by Crippen LogP contribution is 2.34. The summed E-state index contributed by atoms with van der Waals surface area (Å²) in [6.07, 6.45) is 0.235. The number of fused-ring (bicyclic) bond motifs is 1. The lowest BCUT2D eigenvalue weighted by atomic mass is 10.2. The third-order valence-corrected chi connectivity index (χ3v) is 5.97. The predicted molar refractivity (Wildman–Crippen MR) is 103 cm³/mol. The van der Waals surface area contributed by atoms with Gasteiger partial charge in [0, 0.05) is 39.1 Å². The summed E-state index contributed by atoms with van der Waals surface area (Å²) >= 11 is 0. The minimum absolute atomic E-state index is 0.162. The Kier molecular flexibility index (Phi) is 5.97. The third kappa shape index (κ3) is 4.32. The molecule has 1 aromatic carbocycles. The molecule has 2 aliphatic rings. The number of amides is 2. The van der Waals surface area contributed by atoms with Gasteiger partial charge in [-0.1, -0.05) is 12.1 Å². The van der Waals surface area contributed by atoms with Crippen LogP contribution in [0.5, 0.6) is 5.75 Å². The number of anilines is 1. The van der Waals surface area contributed by atoms with Crippen LogP contribution in [0.1, 0.15) is 13.3 Å². The maximum Gasteiger partial charge on any atom is 0.409 e. The zero-order valence-corrected chi connectivity index (χ0v) is 16.9. The molecule has 10 heteroatoms. The van der Waals surface area contributed by atoms with Crippen LogP contribution in [0.3, 0.4) is 0 Å². The van der Waals surface area contributed by atoms with Crippen LogP contribution in [0.2, 0.25) is 0 Å². The highest BCUT2D eigenvalue weighted by molar-refractivity contribution is 7.92. The maximum atomic E-state index is 13.0. The molecule has 154 valence electrons. The van der Waals surface area contributed by atoms with Gasteiger partial charge in [0.2, 0.25) is 10.0 Å². The van der Waals surface area contributed by atoms with Gasteiger partial charge >= 0.3 is 6.09 Å². The van der Waals surface area contributed by atoms with Crippen LogP contribution in [0.15, 0.2) is 24.3 Å². The largest absolute Gasteiger partial charge is 0.478 e. The van der Waals surface area contributed by atoms with Crippen LogP contribution in [0, 0.1) is 0 Å². The van der Waals surface area contributed by atoms with Gasteiger partial charge < -0.3 is 19.3 Å². The normalized spacial score (nSPS) is 20.1. The number of ether oxygens (including phenoxy) is 2. The molecule has 2 heterocycles. The summed E-state index contributed by atoms with van der Waals surface area (Å²) in [6.45, 7) is 3.77. The highest BCUT2D eigenvalue weighted by Gasteiger charge is 2.35. The van der Waals surface area contributed by atoms with Gasteiger partial charge in [-0.2, -0.15) is 0 Å². The van der Waals surface area contributed by atoms with E-state index in [0.717, 1.165) is 6.26 Å². The summed E-state index contributed by atoms with van der Waals surface area (Å²) in [4.78, 5) is 28.0. The first-order chi connectivity index (χ1) is 13.3. The van der Waals surface area contributed by atoms with Crippen molar-refractivity contribution in [1.29, 1.82) is 0 Å². The molecule has 0 N–H and O–H groups in total. The molecule has 1 saturated heterocycles. The van der Waals surface area contributed by atoms with Gasteiger partial charge in [0.15, 0.2) is 6.10 Å². The van der Waals surface area contributed by atoms with E-state index in [1.807, 2.05) is 0 Å². The fourth-order valence-electron chi connectivity index (χ4n) is 3.38. The second-order valence-electron chi connectivity index (χ2n) is 6.71. The number of rotatable bonds is 3. The summed E-state index contributed by atoms with van der Waals surface area (Å²) in [5.74, 6) is 0.169. The van der Waals surface area contributed by atoms with Crippen LogP contribution in [-0.4, -0.2) is 81.9 Å². The fraction of sp³-hybridized carbons (Fsp3) is 0.556. The fourth-order valence-corrected chi connectivity index (χ4v) is 4.32. The molecule has 9 nitrogen and oxygen atoms in total. The molecule has 2 aliphatic heterocycles. The Balaban J connectivity index is 1.70. The Hall–Kier alpha value is -2.49. The molecule has 0 spiro atoms. The van der Waals surface area contributed by atoms with Crippen molar-refractivity contribution in [3.8, 4) is 5.75 Å². The number of sulfonamides is 1. The molecule has 0 radical (unpaired) electrons. The molecule has 1 aromatic rings. The van der Waals surface area contributed by atoms with E-state index in [0.29, 0.717) is 44.2 Å². The van der Waals surface area contributed by atoms with E-state index in [1.165, 1.54) is 4.31 Å². The van der Waals surface area contributed by atoms with Gasteiger partial charge in [0.05, 0.1) is 18.6 Å². The number of carbonyl (C=O) groups excluding carboxylic acids is 2. The van der Waals surface area contributed by atoms with Crippen molar-refractivity contribution in [1.82, 2.24) is 9.80 Å². The lowest BCUT2D eigenvalue weighted by Crippen LogP contribution is -2.54.